The smallest absolute Gasteiger partial charge is 0.265 e. The minimum atomic E-state index is -3.83. The molecule has 0 aliphatic carbocycles. The van der Waals surface area contributed by atoms with Gasteiger partial charge in [-0.25, -0.2) is 8.42 Å². The van der Waals surface area contributed by atoms with E-state index >= 15 is 0 Å². The molecule has 0 aliphatic rings. The fourth-order valence-corrected chi connectivity index (χ4v) is 2.97. The molecule has 0 amide bonds. The molecule has 21 heavy (non-hydrogen) atoms. The average Bonchev–Trinajstić information content (AvgIpc) is 2.38. The molecule has 0 atom stereocenters. The summed E-state index contributed by atoms with van der Waals surface area (Å²) < 4.78 is 39.0. The molecule has 0 spiro atoms. The quantitative estimate of drug-likeness (QED) is 0.512. The summed E-state index contributed by atoms with van der Waals surface area (Å²) in [6.07, 6.45) is 0.652. The third-order valence-electron chi connectivity index (χ3n) is 2.76. The Kier molecular flexibility index (Phi) is 7.45. The highest BCUT2D eigenvalue weighted by Gasteiger charge is 2.19. The van der Waals surface area contributed by atoms with Crippen molar-refractivity contribution in [2.24, 2.45) is 0 Å². The summed E-state index contributed by atoms with van der Waals surface area (Å²) >= 11 is 0. The zero-order chi connectivity index (χ0) is 15.9. The lowest BCUT2D eigenvalue weighted by Gasteiger charge is -2.13. The van der Waals surface area contributed by atoms with Crippen molar-refractivity contribution in [2.45, 2.75) is 25.2 Å². The van der Waals surface area contributed by atoms with Gasteiger partial charge in [-0.05, 0) is 31.0 Å². The van der Waals surface area contributed by atoms with E-state index in [4.69, 9.17) is 24.9 Å². The van der Waals surface area contributed by atoms with E-state index < -0.39 is 9.05 Å². The third-order valence-corrected chi connectivity index (χ3v) is 4.09. The van der Waals surface area contributed by atoms with E-state index in [0.29, 0.717) is 38.6 Å². The first kappa shape index (κ1) is 18.2. The lowest BCUT2D eigenvalue weighted by Crippen LogP contribution is -2.09. The Bertz CT molecular complexity index is 557. The van der Waals surface area contributed by atoms with E-state index in [2.05, 4.69) is 0 Å². The van der Waals surface area contributed by atoms with E-state index in [0.717, 1.165) is 11.1 Å². The molecule has 0 unspecified atom stereocenters. The topological polar surface area (TPSA) is 61.8 Å². The number of ether oxygens (including phenoxy) is 3. The summed E-state index contributed by atoms with van der Waals surface area (Å²) in [5, 5.41) is 0. The number of aryl methyl sites for hydroxylation is 2. The van der Waals surface area contributed by atoms with Crippen molar-refractivity contribution in [3.63, 3.8) is 0 Å². The standard InChI is InChI=1S/C14H21ClO5S/c1-11-9-12(2)14(13(10-11)21(15,16)17)20-6-4-5-19-8-7-18-3/h9-10H,4-8H2,1-3H3. The van der Waals surface area contributed by atoms with E-state index in [1.54, 1.807) is 14.0 Å². The van der Waals surface area contributed by atoms with Crippen molar-refractivity contribution in [3.05, 3.63) is 23.3 Å². The summed E-state index contributed by atoms with van der Waals surface area (Å²) in [4.78, 5) is 0.0157. The highest BCUT2D eigenvalue weighted by atomic mass is 35.7. The van der Waals surface area contributed by atoms with Gasteiger partial charge >= 0.3 is 0 Å². The fourth-order valence-electron chi connectivity index (χ4n) is 1.86. The van der Waals surface area contributed by atoms with Crippen LogP contribution in [-0.2, 0) is 18.5 Å². The van der Waals surface area contributed by atoms with Gasteiger partial charge in [0.15, 0.2) is 0 Å². The number of hydrogen-bond donors (Lipinski definition) is 0. The van der Waals surface area contributed by atoms with E-state index in [1.807, 2.05) is 13.0 Å². The van der Waals surface area contributed by atoms with Gasteiger partial charge in [0, 0.05) is 30.8 Å². The molecule has 0 N–H and O–H groups in total. The van der Waals surface area contributed by atoms with Crippen molar-refractivity contribution >= 4 is 19.7 Å². The predicted molar refractivity (Wildman–Crippen MR) is 81.8 cm³/mol. The SMILES string of the molecule is COCCOCCCOc1c(C)cc(C)cc1S(=O)(=O)Cl. The minimum Gasteiger partial charge on any atom is -0.492 e. The maximum atomic E-state index is 11.6. The first-order chi connectivity index (χ1) is 9.86. The first-order valence-corrected chi connectivity index (χ1v) is 8.92. The monoisotopic (exact) mass is 336 g/mol. The van der Waals surface area contributed by atoms with Gasteiger partial charge in [0.05, 0.1) is 19.8 Å². The van der Waals surface area contributed by atoms with Crippen molar-refractivity contribution in [1.29, 1.82) is 0 Å². The maximum Gasteiger partial charge on any atom is 0.265 e. The lowest BCUT2D eigenvalue weighted by atomic mass is 10.1. The molecule has 0 aromatic heterocycles. The third kappa shape index (κ3) is 6.22. The highest BCUT2D eigenvalue weighted by molar-refractivity contribution is 8.13. The van der Waals surface area contributed by atoms with Crippen LogP contribution < -0.4 is 4.74 Å². The number of hydrogen-bond acceptors (Lipinski definition) is 5. The summed E-state index contributed by atoms with van der Waals surface area (Å²) in [5.74, 6) is 0.312. The van der Waals surface area contributed by atoms with Gasteiger partial charge < -0.3 is 14.2 Å². The Morgan fingerprint density at radius 1 is 1.10 bits per heavy atom. The molecule has 1 rings (SSSR count). The van der Waals surface area contributed by atoms with Gasteiger partial charge in [-0.2, -0.15) is 0 Å². The maximum absolute atomic E-state index is 11.6. The summed E-state index contributed by atoms with van der Waals surface area (Å²) in [7, 11) is 3.24. The fraction of sp³-hybridized carbons (Fsp3) is 0.571. The van der Waals surface area contributed by atoms with Crippen molar-refractivity contribution in [2.75, 3.05) is 33.5 Å². The molecular formula is C14H21ClO5S. The molecule has 0 radical (unpaired) electrons. The zero-order valence-electron chi connectivity index (χ0n) is 12.5. The molecule has 0 aliphatic heterocycles. The van der Waals surface area contributed by atoms with E-state index in [9.17, 15) is 8.42 Å². The molecule has 0 heterocycles. The molecular weight excluding hydrogens is 316 g/mol. The Balaban J connectivity index is 2.63. The summed E-state index contributed by atoms with van der Waals surface area (Å²) in [6.45, 7) is 5.57. The Hall–Kier alpha value is -0.820. The lowest BCUT2D eigenvalue weighted by molar-refractivity contribution is 0.0642. The molecule has 0 bridgehead atoms. The molecule has 5 nitrogen and oxygen atoms in total. The number of rotatable bonds is 9. The average molecular weight is 337 g/mol. The Morgan fingerprint density at radius 2 is 1.81 bits per heavy atom. The van der Waals surface area contributed by atoms with Crippen LogP contribution in [0, 0.1) is 13.8 Å². The van der Waals surface area contributed by atoms with Crippen molar-refractivity contribution in [3.8, 4) is 5.75 Å². The van der Waals surface area contributed by atoms with Crippen LogP contribution in [0.3, 0.4) is 0 Å². The van der Waals surface area contributed by atoms with Crippen LogP contribution in [0.15, 0.2) is 17.0 Å². The second-order valence-electron chi connectivity index (χ2n) is 4.65. The van der Waals surface area contributed by atoms with Crippen molar-refractivity contribution in [1.82, 2.24) is 0 Å². The molecule has 120 valence electrons. The van der Waals surface area contributed by atoms with Crippen LogP contribution in [0.25, 0.3) is 0 Å². The van der Waals surface area contributed by atoms with Gasteiger partial charge in [0.2, 0.25) is 0 Å². The zero-order valence-corrected chi connectivity index (χ0v) is 14.1. The number of methoxy groups -OCH3 is 1. The predicted octanol–water partition coefficient (Wildman–Crippen LogP) is 2.66. The van der Waals surface area contributed by atoms with Gasteiger partial charge in [-0.15, -0.1) is 0 Å². The molecule has 0 saturated heterocycles. The highest BCUT2D eigenvalue weighted by Crippen LogP contribution is 2.31. The van der Waals surface area contributed by atoms with Crippen LogP contribution in [0.2, 0.25) is 0 Å². The Labute approximate surface area is 130 Å². The normalized spacial score (nSPS) is 11.6. The number of benzene rings is 1. The van der Waals surface area contributed by atoms with Crippen molar-refractivity contribution < 1.29 is 22.6 Å². The first-order valence-electron chi connectivity index (χ1n) is 6.61. The molecule has 1 aromatic carbocycles. The van der Waals surface area contributed by atoms with E-state index in [1.165, 1.54) is 6.07 Å². The largest absolute Gasteiger partial charge is 0.492 e. The van der Waals surface area contributed by atoms with Gasteiger partial charge in [-0.1, -0.05) is 6.07 Å². The second-order valence-corrected chi connectivity index (χ2v) is 7.19. The van der Waals surface area contributed by atoms with Crippen LogP contribution in [0.5, 0.6) is 5.75 Å². The van der Waals surface area contributed by atoms with Gasteiger partial charge in [-0.3, -0.25) is 0 Å². The molecule has 1 aromatic rings. The van der Waals surface area contributed by atoms with Gasteiger partial charge in [0.1, 0.15) is 10.6 Å². The summed E-state index contributed by atoms with van der Waals surface area (Å²) in [5.41, 5.74) is 1.57. The number of halogens is 1. The van der Waals surface area contributed by atoms with Crippen LogP contribution >= 0.6 is 10.7 Å². The summed E-state index contributed by atoms with van der Waals surface area (Å²) in [6, 6.07) is 3.37. The Morgan fingerprint density at radius 3 is 2.43 bits per heavy atom. The van der Waals surface area contributed by atoms with Crippen LogP contribution in [0.1, 0.15) is 17.5 Å². The molecule has 0 fully saturated rings. The van der Waals surface area contributed by atoms with Crippen LogP contribution in [-0.4, -0.2) is 42.0 Å². The minimum absolute atomic E-state index is 0.0157. The molecule has 7 heteroatoms. The van der Waals surface area contributed by atoms with Gasteiger partial charge in [0.25, 0.3) is 9.05 Å². The van der Waals surface area contributed by atoms with Crippen LogP contribution in [0.4, 0.5) is 0 Å². The van der Waals surface area contributed by atoms with E-state index in [-0.39, 0.29) is 4.90 Å². The molecule has 0 saturated carbocycles. The second kappa shape index (κ2) is 8.58.